The van der Waals surface area contributed by atoms with Crippen LogP contribution in [0.3, 0.4) is 0 Å². The van der Waals surface area contributed by atoms with Crippen molar-refractivity contribution in [3.05, 3.63) is 0 Å². The molecule has 0 bridgehead atoms. The molecule has 0 spiro atoms. The first-order valence-electron chi connectivity index (χ1n) is 5.56. The van der Waals surface area contributed by atoms with Crippen molar-refractivity contribution >= 4 is 10.0 Å². The molecule has 1 atom stereocenters. The van der Waals surface area contributed by atoms with Crippen molar-refractivity contribution in [2.45, 2.75) is 43.9 Å². The topological polar surface area (TPSA) is 79.2 Å². The molecule has 92 valence electrons. The maximum absolute atomic E-state index is 12.0. The fourth-order valence-corrected chi connectivity index (χ4v) is 3.41. The number of hydrogen-bond donors (Lipinski definition) is 1. The van der Waals surface area contributed by atoms with E-state index in [1.807, 2.05) is 13.0 Å². The van der Waals surface area contributed by atoms with Crippen LogP contribution >= 0.6 is 0 Å². The lowest BCUT2D eigenvalue weighted by Crippen LogP contribution is -2.42. The highest BCUT2D eigenvalue weighted by atomic mass is 32.2. The summed E-state index contributed by atoms with van der Waals surface area (Å²) in [6.45, 7) is 2.87. The highest BCUT2D eigenvalue weighted by Gasteiger charge is 2.29. The third-order valence-electron chi connectivity index (χ3n) is 2.77. The fraction of sp³-hybridized carbons (Fsp3) is 0.900. The van der Waals surface area contributed by atoms with Gasteiger partial charge in [0.05, 0.1) is 17.7 Å². The van der Waals surface area contributed by atoms with E-state index in [2.05, 4.69) is 4.72 Å². The van der Waals surface area contributed by atoms with Gasteiger partial charge in [-0.25, -0.2) is 13.1 Å². The number of nitriles is 1. The number of rotatable bonds is 5. The predicted molar refractivity (Wildman–Crippen MR) is 60.2 cm³/mol. The van der Waals surface area contributed by atoms with Gasteiger partial charge in [0, 0.05) is 19.3 Å². The lowest BCUT2D eigenvalue weighted by atomic mass is 10.2. The van der Waals surface area contributed by atoms with E-state index in [4.69, 9.17) is 10.00 Å². The summed E-state index contributed by atoms with van der Waals surface area (Å²) in [4.78, 5) is 0. The molecule has 0 aromatic rings. The van der Waals surface area contributed by atoms with Gasteiger partial charge in [0.2, 0.25) is 10.0 Å². The van der Waals surface area contributed by atoms with Crippen molar-refractivity contribution < 1.29 is 13.2 Å². The summed E-state index contributed by atoms with van der Waals surface area (Å²) in [5.41, 5.74) is 0. The Bertz CT molecular complexity index is 342. The SMILES string of the molecule is CCC(CC#N)NS(=O)(=O)C1CCOCC1. The van der Waals surface area contributed by atoms with Gasteiger partial charge in [0.25, 0.3) is 0 Å². The van der Waals surface area contributed by atoms with Crippen LogP contribution in [-0.4, -0.2) is 32.9 Å². The van der Waals surface area contributed by atoms with Crippen LogP contribution in [0.4, 0.5) is 0 Å². The molecule has 16 heavy (non-hydrogen) atoms. The van der Waals surface area contributed by atoms with Crippen LogP contribution in [0.1, 0.15) is 32.6 Å². The Morgan fingerprint density at radius 2 is 2.12 bits per heavy atom. The van der Waals surface area contributed by atoms with Crippen molar-refractivity contribution in [3.63, 3.8) is 0 Å². The lowest BCUT2D eigenvalue weighted by molar-refractivity contribution is 0.0980. The van der Waals surface area contributed by atoms with Crippen molar-refractivity contribution in [2.75, 3.05) is 13.2 Å². The summed E-state index contributed by atoms with van der Waals surface area (Å²) in [5, 5.41) is 8.20. The van der Waals surface area contributed by atoms with Crippen LogP contribution in [0.2, 0.25) is 0 Å². The molecule has 0 saturated carbocycles. The molecule has 0 radical (unpaired) electrons. The van der Waals surface area contributed by atoms with Crippen LogP contribution < -0.4 is 4.72 Å². The monoisotopic (exact) mass is 246 g/mol. The number of nitrogens with one attached hydrogen (secondary N) is 1. The predicted octanol–water partition coefficient (Wildman–Crippen LogP) is 0.777. The quantitative estimate of drug-likeness (QED) is 0.777. The van der Waals surface area contributed by atoms with Gasteiger partial charge in [-0.3, -0.25) is 0 Å². The molecule has 1 saturated heterocycles. The zero-order valence-electron chi connectivity index (χ0n) is 9.48. The van der Waals surface area contributed by atoms with Crippen LogP contribution in [-0.2, 0) is 14.8 Å². The zero-order valence-corrected chi connectivity index (χ0v) is 10.3. The molecular formula is C10H18N2O3S. The molecule has 6 heteroatoms. The standard InChI is InChI=1S/C10H18N2O3S/c1-2-9(3-6-11)12-16(13,14)10-4-7-15-8-5-10/h9-10,12H,2-5,7-8H2,1H3. The molecule has 0 aromatic carbocycles. The molecule has 1 aliphatic heterocycles. The van der Waals surface area contributed by atoms with E-state index in [1.54, 1.807) is 0 Å². The molecule has 1 heterocycles. The second-order valence-corrected chi connectivity index (χ2v) is 5.93. The molecule has 0 aromatic heterocycles. The van der Waals surface area contributed by atoms with E-state index in [0.717, 1.165) is 0 Å². The molecule has 0 aliphatic carbocycles. The summed E-state index contributed by atoms with van der Waals surface area (Å²) >= 11 is 0. The second-order valence-electron chi connectivity index (χ2n) is 3.94. The first kappa shape index (κ1) is 13.4. The van der Waals surface area contributed by atoms with E-state index < -0.39 is 10.0 Å². The first-order chi connectivity index (χ1) is 7.60. The van der Waals surface area contributed by atoms with E-state index in [1.165, 1.54) is 0 Å². The molecule has 0 amide bonds. The Hall–Kier alpha value is -0.640. The number of hydrogen-bond acceptors (Lipinski definition) is 4. The number of sulfonamides is 1. The van der Waals surface area contributed by atoms with Gasteiger partial charge in [-0.05, 0) is 19.3 Å². The average molecular weight is 246 g/mol. The second kappa shape index (κ2) is 6.18. The third kappa shape index (κ3) is 3.74. The Morgan fingerprint density at radius 1 is 1.50 bits per heavy atom. The van der Waals surface area contributed by atoms with E-state index in [-0.39, 0.29) is 17.7 Å². The van der Waals surface area contributed by atoms with Crippen molar-refractivity contribution in [1.82, 2.24) is 4.72 Å². The van der Waals surface area contributed by atoms with Crippen molar-refractivity contribution in [1.29, 1.82) is 5.26 Å². The average Bonchev–Trinajstić information content (AvgIpc) is 2.29. The Morgan fingerprint density at radius 3 is 2.62 bits per heavy atom. The van der Waals surface area contributed by atoms with Gasteiger partial charge in [-0.15, -0.1) is 0 Å². The van der Waals surface area contributed by atoms with Gasteiger partial charge in [-0.1, -0.05) is 6.92 Å². The molecule has 1 unspecified atom stereocenters. The number of ether oxygens (including phenoxy) is 1. The van der Waals surface area contributed by atoms with Crippen molar-refractivity contribution in [3.8, 4) is 6.07 Å². The first-order valence-corrected chi connectivity index (χ1v) is 7.10. The fourth-order valence-electron chi connectivity index (χ4n) is 1.69. The highest BCUT2D eigenvalue weighted by Crippen LogP contribution is 2.15. The Balaban J connectivity index is 2.59. The summed E-state index contributed by atoms with van der Waals surface area (Å²) in [6.07, 6.45) is 1.94. The minimum absolute atomic E-state index is 0.221. The summed E-state index contributed by atoms with van der Waals surface area (Å²) in [6, 6.07) is 1.73. The summed E-state index contributed by atoms with van der Waals surface area (Å²) in [5.74, 6) is 0. The van der Waals surface area contributed by atoms with Crippen LogP contribution in [0, 0.1) is 11.3 Å². The highest BCUT2D eigenvalue weighted by molar-refractivity contribution is 7.90. The molecule has 1 N–H and O–H groups in total. The lowest BCUT2D eigenvalue weighted by Gasteiger charge is -2.24. The Kier molecular flexibility index (Phi) is 5.19. The molecule has 1 fully saturated rings. The largest absolute Gasteiger partial charge is 0.381 e. The maximum atomic E-state index is 12.0. The van der Waals surface area contributed by atoms with E-state index >= 15 is 0 Å². The van der Waals surface area contributed by atoms with E-state index in [0.29, 0.717) is 32.5 Å². The summed E-state index contributed by atoms with van der Waals surface area (Å²) < 4.78 is 31.6. The van der Waals surface area contributed by atoms with Gasteiger partial charge >= 0.3 is 0 Å². The molecule has 1 rings (SSSR count). The summed E-state index contributed by atoms with van der Waals surface area (Å²) in [7, 11) is -3.30. The minimum Gasteiger partial charge on any atom is -0.381 e. The van der Waals surface area contributed by atoms with Crippen LogP contribution in [0.25, 0.3) is 0 Å². The van der Waals surface area contributed by atoms with Gasteiger partial charge in [0.1, 0.15) is 0 Å². The molecule has 1 aliphatic rings. The van der Waals surface area contributed by atoms with Crippen LogP contribution in [0.15, 0.2) is 0 Å². The maximum Gasteiger partial charge on any atom is 0.214 e. The smallest absolute Gasteiger partial charge is 0.214 e. The van der Waals surface area contributed by atoms with Crippen LogP contribution in [0.5, 0.6) is 0 Å². The van der Waals surface area contributed by atoms with Gasteiger partial charge in [-0.2, -0.15) is 5.26 Å². The van der Waals surface area contributed by atoms with Gasteiger partial charge < -0.3 is 4.74 Å². The number of nitrogens with zero attached hydrogens (tertiary/aromatic N) is 1. The molecular weight excluding hydrogens is 228 g/mol. The van der Waals surface area contributed by atoms with Gasteiger partial charge in [0.15, 0.2) is 0 Å². The van der Waals surface area contributed by atoms with Crippen molar-refractivity contribution in [2.24, 2.45) is 0 Å². The molecule has 5 nitrogen and oxygen atoms in total. The minimum atomic E-state index is -3.30. The normalized spacial score (nSPS) is 20.2. The third-order valence-corrected chi connectivity index (χ3v) is 4.78. The van der Waals surface area contributed by atoms with E-state index in [9.17, 15) is 8.42 Å². The Labute approximate surface area is 96.8 Å². The zero-order chi connectivity index (χ0) is 12.0.